The van der Waals surface area contributed by atoms with Crippen LogP contribution in [0.2, 0.25) is 5.02 Å². The Kier molecular flexibility index (Phi) is 6.80. The topological polar surface area (TPSA) is 72.3 Å². The number of nitrogens with zero attached hydrogens (tertiary/aromatic N) is 4. The molecule has 4 rings (SSSR count). The summed E-state index contributed by atoms with van der Waals surface area (Å²) in [5.41, 5.74) is 2.80. The third kappa shape index (κ3) is 5.20. The Morgan fingerprint density at radius 2 is 1.90 bits per heavy atom. The molecule has 1 saturated heterocycles. The predicted molar refractivity (Wildman–Crippen MR) is 125 cm³/mol. The highest BCUT2D eigenvalue weighted by Crippen LogP contribution is 2.30. The second-order valence-corrected chi connectivity index (χ2v) is 9.06. The van der Waals surface area contributed by atoms with Gasteiger partial charge in [0.25, 0.3) is 0 Å². The van der Waals surface area contributed by atoms with E-state index in [1.165, 1.54) is 17.3 Å². The number of morpholine rings is 1. The summed E-state index contributed by atoms with van der Waals surface area (Å²) in [6.45, 7) is 6.71. The van der Waals surface area contributed by atoms with Gasteiger partial charge in [-0.2, -0.15) is 0 Å². The standard InChI is InChI=1S/C22H24ClN5O2S/c1-15-6-8-19(9-7-15)28-21(27-10-12-30-13-11-27)25-26-22(28)31-16(2)20(29)24-18-5-3-4-17(23)14-18/h3-9,14,16H,10-13H2,1-2H3,(H,24,29). The van der Waals surface area contributed by atoms with Crippen LogP contribution in [0.15, 0.2) is 53.7 Å². The normalized spacial score (nSPS) is 15.0. The van der Waals surface area contributed by atoms with Crippen molar-refractivity contribution < 1.29 is 9.53 Å². The van der Waals surface area contributed by atoms with E-state index in [1.807, 2.05) is 29.7 Å². The summed E-state index contributed by atoms with van der Waals surface area (Å²) < 4.78 is 7.50. The molecule has 1 atom stereocenters. The molecule has 31 heavy (non-hydrogen) atoms. The van der Waals surface area contributed by atoms with Crippen LogP contribution in [-0.4, -0.2) is 52.2 Å². The van der Waals surface area contributed by atoms with E-state index in [1.54, 1.807) is 18.2 Å². The number of amides is 1. The summed E-state index contributed by atoms with van der Waals surface area (Å²) in [4.78, 5) is 14.9. The van der Waals surface area contributed by atoms with E-state index >= 15 is 0 Å². The molecule has 1 N–H and O–H groups in total. The van der Waals surface area contributed by atoms with E-state index in [-0.39, 0.29) is 11.2 Å². The summed E-state index contributed by atoms with van der Waals surface area (Å²) in [7, 11) is 0. The third-order valence-corrected chi connectivity index (χ3v) is 6.22. The number of carbonyl (C=O) groups excluding carboxylic acids is 1. The van der Waals surface area contributed by atoms with Crippen molar-refractivity contribution in [3.8, 4) is 5.69 Å². The van der Waals surface area contributed by atoms with Crippen molar-refractivity contribution in [1.29, 1.82) is 0 Å². The van der Waals surface area contributed by atoms with Crippen LogP contribution in [0.5, 0.6) is 0 Å². The zero-order chi connectivity index (χ0) is 21.8. The van der Waals surface area contributed by atoms with Gasteiger partial charge in [-0.05, 0) is 44.2 Å². The first-order valence-electron chi connectivity index (χ1n) is 10.1. The van der Waals surface area contributed by atoms with Gasteiger partial charge in [0.2, 0.25) is 11.9 Å². The number of nitrogens with one attached hydrogen (secondary N) is 1. The summed E-state index contributed by atoms with van der Waals surface area (Å²) >= 11 is 7.39. The fourth-order valence-electron chi connectivity index (χ4n) is 3.25. The smallest absolute Gasteiger partial charge is 0.237 e. The first-order chi connectivity index (χ1) is 15.0. The van der Waals surface area contributed by atoms with Gasteiger partial charge in [0.1, 0.15) is 0 Å². The summed E-state index contributed by atoms with van der Waals surface area (Å²) in [5.74, 6) is 0.635. The summed E-state index contributed by atoms with van der Waals surface area (Å²) in [6.07, 6.45) is 0. The number of rotatable bonds is 6. The molecule has 162 valence electrons. The highest BCUT2D eigenvalue weighted by Gasteiger charge is 2.25. The van der Waals surface area contributed by atoms with Crippen molar-refractivity contribution in [2.24, 2.45) is 0 Å². The lowest BCUT2D eigenvalue weighted by Gasteiger charge is -2.28. The molecule has 0 bridgehead atoms. The minimum atomic E-state index is -0.384. The SMILES string of the molecule is Cc1ccc(-n2c(SC(C)C(=O)Nc3cccc(Cl)c3)nnc2N2CCOCC2)cc1. The largest absolute Gasteiger partial charge is 0.378 e. The van der Waals surface area contributed by atoms with Crippen molar-refractivity contribution >= 4 is 40.9 Å². The first kappa shape index (κ1) is 21.7. The Bertz CT molecular complexity index is 1050. The second kappa shape index (κ2) is 9.72. The molecule has 1 fully saturated rings. The van der Waals surface area contributed by atoms with Crippen molar-refractivity contribution in [1.82, 2.24) is 14.8 Å². The lowest BCUT2D eigenvalue weighted by Crippen LogP contribution is -2.38. The number of carbonyl (C=O) groups is 1. The van der Waals surface area contributed by atoms with Gasteiger partial charge in [-0.1, -0.05) is 47.1 Å². The Morgan fingerprint density at radius 1 is 1.16 bits per heavy atom. The van der Waals surface area contributed by atoms with Gasteiger partial charge in [0.05, 0.1) is 24.2 Å². The maximum atomic E-state index is 12.8. The molecule has 0 radical (unpaired) electrons. The Balaban J connectivity index is 1.59. The van der Waals surface area contributed by atoms with Crippen molar-refractivity contribution in [2.75, 3.05) is 36.5 Å². The zero-order valence-corrected chi connectivity index (χ0v) is 19.0. The number of anilines is 2. The minimum Gasteiger partial charge on any atom is -0.378 e. The van der Waals surface area contributed by atoms with Crippen LogP contribution < -0.4 is 10.2 Å². The second-order valence-electron chi connectivity index (χ2n) is 7.31. The van der Waals surface area contributed by atoms with Crippen LogP contribution >= 0.6 is 23.4 Å². The first-order valence-corrected chi connectivity index (χ1v) is 11.4. The van der Waals surface area contributed by atoms with Crippen LogP contribution in [0.3, 0.4) is 0 Å². The lowest BCUT2D eigenvalue weighted by atomic mass is 10.2. The average molecular weight is 458 g/mol. The molecule has 9 heteroatoms. The van der Waals surface area contributed by atoms with E-state index in [2.05, 4.69) is 39.5 Å². The molecule has 0 saturated carbocycles. The van der Waals surface area contributed by atoms with Crippen LogP contribution in [0, 0.1) is 6.92 Å². The minimum absolute atomic E-state index is 0.126. The molecular weight excluding hydrogens is 434 g/mol. The summed E-state index contributed by atoms with van der Waals surface area (Å²) in [5, 5.41) is 12.7. The predicted octanol–water partition coefficient (Wildman–Crippen LogP) is 4.19. The Labute approximate surface area is 190 Å². The Morgan fingerprint density at radius 3 is 2.61 bits per heavy atom. The molecule has 1 aliphatic heterocycles. The van der Waals surface area contributed by atoms with E-state index in [4.69, 9.17) is 16.3 Å². The maximum Gasteiger partial charge on any atom is 0.237 e. The number of hydrogen-bond donors (Lipinski definition) is 1. The molecule has 0 aliphatic carbocycles. The van der Waals surface area contributed by atoms with Gasteiger partial charge < -0.3 is 15.0 Å². The fraction of sp³-hybridized carbons (Fsp3) is 0.318. The number of ether oxygens (including phenoxy) is 1. The molecule has 2 aromatic carbocycles. The highest BCUT2D eigenvalue weighted by molar-refractivity contribution is 8.00. The molecule has 2 heterocycles. The lowest BCUT2D eigenvalue weighted by molar-refractivity contribution is -0.115. The van der Waals surface area contributed by atoms with Crippen LogP contribution in [-0.2, 0) is 9.53 Å². The summed E-state index contributed by atoms with van der Waals surface area (Å²) in [6, 6.07) is 15.3. The third-order valence-electron chi connectivity index (χ3n) is 4.95. The van der Waals surface area contributed by atoms with E-state index in [9.17, 15) is 4.79 Å². The maximum absolute atomic E-state index is 12.8. The van der Waals surface area contributed by atoms with E-state index in [0.717, 1.165) is 24.7 Å². The monoisotopic (exact) mass is 457 g/mol. The van der Waals surface area contributed by atoms with Crippen LogP contribution in [0.1, 0.15) is 12.5 Å². The van der Waals surface area contributed by atoms with Gasteiger partial charge >= 0.3 is 0 Å². The Hall–Kier alpha value is -2.55. The molecule has 1 amide bonds. The quantitative estimate of drug-likeness (QED) is 0.560. The van der Waals surface area contributed by atoms with Gasteiger partial charge in [0.15, 0.2) is 5.16 Å². The van der Waals surface area contributed by atoms with Crippen molar-refractivity contribution in [3.63, 3.8) is 0 Å². The van der Waals surface area contributed by atoms with Crippen molar-refractivity contribution in [3.05, 3.63) is 59.1 Å². The van der Waals surface area contributed by atoms with Crippen LogP contribution in [0.25, 0.3) is 5.69 Å². The fourth-order valence-corrected chi connectivity index (χ4v) is 4.30. The molecular formula is C22H24ClN5O2S. The van der Waals surface area contributed by atoms with E-state index in [0.29, 0.717) is 29.1 Å². The van der Waals surface area contributed by atoms with Gasteiger partial charge in [-0.15, -0.1) is 10.2 Å². The molecule has 0 spiro atoms. The number of aromatic nitrogens is 3. The van der Waals surface area contributed by atoms with Gasteiger partial charge in [0, 0.05) is 23.8 Å². The average Bonchev–Trinajstić information content (AvgIpc) is 3.18. The van der Waals surface area contributed by atoms with Crippen molar-refractivity contribution in [2.45, 2.75) is 24.3 Å². The van der Waals surface area contributed by atoms with Gasteiger partial charge in [-0.25, -0.2) is 0 Å². The molecule has 1 aliphatic rings. The molecule has 1 aromatic heterocycles. The van der Waals surface area contributed by atoms with Gasteiger partial charge in [-0.3, -0.25) is 9.36 Å². The number of aryl methyl sites for hydroxylation is 1. The number of benzene rings is 2. The zero-order valence-electron chi connectivity index (χ0n) is 17.4. The van der Waals surface area contributed by atoms with E-state index < -0.39 is 0 Å². The number of hydrogen-bond acceptors (Lipinski definition) is 6. The molecule has 1 unspecified atom stereocenters. The molecule has 7 nitrogen and oxygen atoms in total. The molecule has 3 aromatic rings. The number of halogens is 1. The number of thioether (sulfide) groups is 1. The van der Waals surface area contributed by atoms with Crippen LogP contribution in [0.4, 0.5) is 11.6 Å². The highest BCUT2D eigenvalue weighted by atomic mass is 35.5.